The summed E-state index contributed by atoms with van der Waals surface area (Å²) in [5, 5.41) is 2.92. The molecule has 1 amide bonds. The maximum atomic E-state index is 12.1. The third kappa shape index (κ3) is 5.51. The monoisotopic (exact) mass is 360 g/mol. The molecule has 0 bridgehead atoms. The summed E-state index contributed by atoms with van der Waals surface area (Å²) < 4.78 is 16.3. The number of hydrogen-bond acceptors (Lipinski definition) is 5. The van der Waals surface area contributed by atoms with E-state index in [0.29, 0.717) is 31.7 Å². The van der Waals surface area contributed by atoms with Gasteiger partial charge in [0, 0.05) is 24.8 Å². The fourth-order valence-electron chi connectivity index (χ4n) is 2.50. The van der Waals surface area contributed by atoms with Gasteiger partial charge in [0.25, 0.3) is 0 Å². The minimum absolute atomic E-state index is 0.0256. The van der Waals surface area contributed by atoms with Crippen molar-refractivity contribution < 1.29 is 18.7 Å². The molecule has 1 aromatic heterocycles. The maximum Gasteiger partial charge on any atom is 0.220 e. The fraction of sp³-hybridized carbons (Fsp3) is 0.500. The van der Waals surface area contributed by atoms with Gasteiger partial charge in [-0.05, 0) is 30.2 Å². The van der Waals surface area contributed by atoms with Crippen LogP contribution in [0.3, 0.4) is 0 Å². The number of carbonyl (C=O) groups excluding carboxylic acids is 1. The Labute approximate surface area is 154 Å². The predicted molar refractivity (Wildman–Crippen MR) is 99.8 cm³/mol. The molecule has 0 aliphatic carbocycles. The summed E-state index contributed by atoms with van der Waals surface area (Å²) in [6.45, 7) is 6.73. The van der Waals surface area contributed by atoms with E-state index in [1.165, 1.54) is 0 Å². The van der Waals surface area contributed by atoms with E-state index in [0.717, 1.165) is 22.8 Å². The van der Waals surface area contributed by atoms with Crippen molar-refractivity contribution in [1.82, 2.24) is 10.3 Å². The minimum Gasteiger partial charge on any atom is -0.497 e. The number of ether oxygens (including phenoxy) is 2. The lowest BCUT2D eigenvalue weighted by Crippen LogP contribution is -2.26. The molecule has 0 atom stereocenters. The highest BCUT2D eigenvalue weighted by molar-refractivity contribution is 5.76. The van der Waals surface area contributed by atoms with Crippen molar-refractivity contribution in [1.29, 1.82) is 0 Å². The highest BCUT2D eigenvalue weighted by Crippen LogP contribution is 2.24. The van der Waals surface area contributed by atoms with E-state index in [1.807, 2.05) is 18.2 Å². The van der Waals surface area contributed by atoms with Crippen molar-refractivity contribution in [2.45, 2.75) is 45.4 Å². The van der Waals surface area contributed by atoms with E-state index in [2.05, 4.69) is 31.1 Å². The number of amides is 1. The Hall–Kier alpha value is -2.50. The van der Waals surface area contributed by atoms with Gasteiger partial charge in [-0.2, -0.15) is 0 Å². The van der Waals surface area contributed by atoms with Gasteiger partial charge in [0.15, 0.2) is 5.89 Å². The van der Waals surface area contributed by atoms with Gasteiger partial charge < -0.3 is 19.2 Å². The van der Waals surface area contributed by atoms with Crippen LogP contribution >= 0.6 is 0 Å². The standard InChI is InChI=1S/C20H28N2O4/c1-20(2,3)17-13-22-19(26-17)9-8-18(23)21-11-10-14-12-15(24-4)6-7-16(14)25-5/h6-7,12-13H,8-11H2,1-5H3,(H,21,23). The topological polar surface area (TPSA) is 73.6 Å². The molecule has 0 aliphatic heterocycles. The van der Waals surface area contributed by atoms with E-state index >= 15 is 0 Å². The second-order valence-electron chi connectivity index (χ2n) is 7.15. The van der Waals surface area contributed by atoms with Gasteiger partial charge in [-0.3, -0.25) is 4.79 Å². The highest BCUT2D eigenvalue weighted by atomic mass is 16.5. The van der Waals surface area contributed by atoms with Crippen LogP contribution in [0.1, 0.15) is 44.4 Å². The molecular weight excluding hydrogens is 332 g/mol. The average molecular weight is 360 g/mol. The smallest absolute Gasteiger partial charge is 0.220 e. The lowest BCUT2D eigenvalue weighted by atomic mass is 9.94. The second-order valence-corrected chi connectivity index (χ2v) is 7.15. The quantitative estimate of drug-likeness (QED) is 0.782. The largest absolute Gasteiger partial charge is 0.497 e. The van der Waals surface area contributed by atoms with Crippen LogP contribution in [0.2, 0.25) is 0 Å². The number of hydrogen-bond donors (Lipinski definition) is 1. The molecule has 142 valence electrons. The van der Waals surface area contributed by atoms with Crippen LogP contribution in [0.15, 0.2) is 28.8 Å². The Morgan fingerprint density at radius 1 is 1.19 bits per heavy atom. The van der Waals surface area contributed by atoms with Gasteiger partial charge in [0.2, 0.25) is 5.91 Å². The zero-order valence-electron chi connectivity index (χ0n) is 16.2. The number of nitrogens with one attached hydrogen (secondary N) is 1. The van der Waals surface area contributed by atoms with Crippen LogP contribution in [0.5, 0.6) is 11.5 Å². The number of benzene rings is 1. The molecule has 0 unspecified atom stereocenters. The summed E-state index contributed by atoms with van der Waals surface area (Å²) in [4.78, 5) is 16.3. The number of aromatic nitrogens is 1. The summed E-state index contributed by atoms with van der Waals surface area (Å²) in [5.74, 6) is 2.96. The van der Waals surface area contributed by atoms with E-state index in [-0.39, 0.29) is 11.3 Å². The van der Waals surface area contributed by atoms with Crippen molar-refractivity contribution in [3.63, 3.8) is 0 Å². The SMILES string of the molecule is COc1ccc(OC)c(CCNC(=O)CCc2ncc(C(C)(C)C)o2)c1. The number of carbonyl (C=O) groups is 1. The normalized spacial score (nSPS) is 11.3. The number of rotatable bonds is 8. The molecule has 26 heavy (non-hydrogen) atoms. The zero-order chi connectivity index (χ0) is 19.2. The van der Waals surface area contributed by atoms with Crippen molar-refractivity contribution in [2.75, 3.05) is 20.8 Å². The summed E-state index contributed by atoms with van der Waals surface area (Å²) in [5.41, 5.74) is 0.915. The first-order valence-electron chi connectivity index (χ1n) is 8.76. The van der Waals surface area contributed by atoms with Gasteiger partial charge >= 0.3 is 0 Å². The van der Waals surface area contributed by atoms with Gasteiger partial charge in [-0.15, -0.1) is 0 Å². The third-order valence-corrected chi connectivity index (χ3v) is 4.06. The molecule has 0 saturated carbocycles. The molecule has 1 N–H and O–H groups in total. The van der Waals surface area contributed by atoms with Crippen molar-refractivity contribution in [3.05, 3.63) is 41.6 Å². The molecule has 2 rings (SSSR count). The lowest BCUT2D eigenvalue weighted by Gasteiger charge is -2.13. The Balaban J connectivity index is 1.80. The molecule has 1 heterocycles. The Morgan fingerprint density at radius 2 is 1.96 bits per heavy atom. The second kappa shape index (κ2) is 8.74. The van der Waals surface area contributed by atoms with E-state index < -0.39 is 0 Å². The van der Waals surface area contributed by atoms with Gasteiger partial charge in [0.05, 0.1) is 20.4 Å². The lowest BCUT2D eigenvalue weighted by molar-refractivity contribution is -0.121. The molecule has 0 radical (unpaired) electrons. The first-order chi connectivity index (χ1) is 12.3. The summed E-state index contributed by atoms with van der Waals surface area (Å²) in [6, 6.07) is 5.64. The molecule has 0 saturated heterocycles. The van der Waals surface area contributed by atoms with Crippen molar-refractivity contribution >= 4 is 5.91 Å². The minimum atomic E-state index is -0.0801. The Bertz CT molecular complexity index is 732. The fourth-order valence-corrected chi connectivity index (χ4v) is 2.50. The molecule has 1 aromatic carbocycles. The zero-order valence-corrected chi connectivity index (χ0v) is 16.2. The van der Waals surface area contributed by atoms with Crippen LogP contribution in [-0.2, 0) is 23.1 Å². The molecular formula is C20H28N2O4. The molecule has 6 heteroatoms. The molecule has 2 aromatic rings. The Morgan fingerprint density at radius 3 is 2.58 bits per heavy atom. The first-order valence-corrected chi connectivity index (χ1v) is 8.76. The van der Waals surface area contributed by atoms with Crippen LogP contribution in [0, 0.1) is 0 Å². The molecule has 0 spiro atoms. The maximum absolute atomic E-state index is 12.1. The van der Waals surface area contributed by atoms with E-state index in [9.17, 15) is 4.79 Å². The highest BCUT2D eigenvalue weighted by Gasteiger charge is 2.19. The van der Waals surface area contributed by atoms with Crippen LogP contribution < -0.4 is 14.8 Å². The van der Waals surface area contributed by atoms with Crippen LogP contribution in [0.25, 0.3) is 0 Å². The number of oxazole rings is 1. The van der Waals surface area contributed by atoms with Crippen molar-refractivity contribution in [2.24, 2.45) is 0 Å². The predicted octanol–water partition coefficient (Wildman–Crippen LogP) is 3.28. The van der Waals surface area contributed by atoms with Gasteiger partial charge in [-0.25, -0.2) is 4.98 Å². The van der Waals surface area contributed by atoms with E-state index in [1.54, 1.807) is 20.4 Å². The first kappa shape index (κ1) is 19.8. The van der Waals surface area contributed by atoms with Crippen LogP contribution in [0.4, 0.5) is 0 Å². The van der Waals surface area contributed by atoms with Gasteiger partial charge in [-0.1, -0.05) is 20.8 Å². The van der Waals surface area contributed by atoms with E-state index in [4.69, 9.17) is 13.9 Å². The summed E-state index contributed by atoms with van der Waals surface area (Å²) in [6.07, 6.45) is 3.24. The molecule has 0 aliphatic rings. The van der Waals surface area contributed by atoms with Crippen LogP contribution in [-0.4, -0.2) is 31.7 Å². The third-order valence-electron chi connectivity index (χ3n) is 4.06. The average Bonchev–Trinajstić information content (AvgIpc) is 3.09. The number of nitrogens with zero attached hydrogens (tertiary/aromatic N) is 1. The Kier molecular flexibility index (Phi) is 6.66. The van der Waals surface area contributed by atoms with Crippen molar-refractivity contribution in [3.8, 4) is 11.5 Å². The number of methoxy groups -OCH3 is 2. The van der Waals surface area contributed by atoms with Gasteiger partial charge in [0.1, 0.15) is 17.3 Å². The molecule has 0 fully saturated rings. The molecule has 6 nitrogen and oxygen atoms in total. The number of aryl methyl sites for hydroxylation is 1. The summed E-state index contributed by atoms with van der Waals surface area (Å²) >= 11 is 0. The summed E-state index contributed by atoms with van der Waals surface area (Å²) in [7, 11) is 3.26.